The van der Waals surface area contributed by atoms with Gasteiger partial charge >= 0.3 is 0 Å². The van der Waals surface area contributed by atoms with Crippen LogP contribution in [0, 0.1) is 0 Å². The molecule has 0 saturated heterocycles. The van der Waals surface area contributed by atoms with Gasteiger partial charge in [0, 0.05) is 11.6 Å². The highest BCUT2D eigenvalue weighted by molar-refractivity contribution is 6.00. The van der Waals surface area contributed by atoms with Crippen LogP contribution in [0.4, 0.5) is 0 Å². The van der Waals surface area contributed by atoms with Crippen molar-refractivity contribution in [2.45, 2.75) is 38.1 Å². The predicted molar refractivity (Wildman–Crippen MR) is 69.3 cm³/mol. The highest BCUT2D eigenvalue weighted by Crippen LogP contribution is 2.31. The third-order valence-electron chi connectivity index (χ3n) is 3.94. The van der Waals surface area contributed by atoms with E-state index >= 15 is 0 Å². The number of rotatable bonds is 1. The Hall–Kier alpha value is -1.91. The van der Waals surface area contributed by atoms with Crippen molar-refractivity contribution in [2.24, 2.45) is 0 Å². The Morgan fingerprint density at radius 1 is 1.17 bits per heavy atom. The van der Waals surface area contributed by atoms with Crippen molar-refractivity contribution in [1.82, 2.24) is 25.0 Å². The summed E-state index contributed by atoms with van der Waals surface area (Å²) in [5, 5.41) is 8.64. The van der Waals surface area contributed by atoms with Crippen LogP contribution in [0.15, 0.2) is 18.5 Å². The average Bonchev–Trinajstić information content (AvgIpc) is 3.05. The van der Waals surface area contributed by atoms with E-state index in [1.807, 2.05) is 12.3 Å². The molecular formula is C13H15N5. The molecule has 3 heterocycles. The first-order chi connectivity index (χ1) is 8.93. The maximum Gasteiger partial charge on any atom is 0.161 e. The zero-order valence-corrected chi connectivity index (χ0v) is 10.1. The van der Waals surface area contributed by atoms with E-state index < -0.39 is 0 Å². The van der Waals surface area contributed by atoms with Crippen LogP contribution >= 0.6 is 0 Å². The molecule has 1 saturated carbocycles. The van der Waals surface area contributed by atoms with Crippen molar-refractivity contribution in [1.29, 1.82) is 0 Å². The monoisotopic (exact) mass is 241 g/mol. The third kappa shape index (κ3) is 1.36. The van der Waals surface area contributed by atoms with Crippen molar-refractivity contribution >= 4 is 22.1 Å². The predicted octanol–water partition coefficient (Wildman–Crippen LogP) is 2.81. The molecule has 3 aromatic heterocycles. The summed E-state index contributed by atoms with van der Waals surface area (Å²) in [6.07, 6.45) is 10.1. The maximum absolute atomic E-state index is 4.37. The van der Waals surface area contributed by atoms with Gasteiger partial charge < -0.3 is 0 Å². The Morgan fingerprint density at radius 3 is 2.94 bits per heavy atom. The first kappa shape index (κ1) is 10.1. The molecule has 0 radical (unpaired) electrons. The van der Waals surface area contributed by atoms with Crippen LogP contribution in [-0.4, -0.2) is 25.0 Å². The van der Waals surface area contributed by atoms with Crippen molar-refractivity contribution in [3.8, 4) is 0 Å². The summed E-state index contributed by atoms with van der Waals surface area (Å²) < 4.78 is 2.22. The Bertz CT molecular complexity index is 690. The molecule has 0 spiro atoms. The molecule has 1 aliphatic carbocycles. The smallest absolute Gasteiger partial charge is 0.161 e. The molecule has 92 valence electrons. The first-order valence-corrected chi connectivity index (χ1v) is 6.59. The van der Waals surface area contributed by atoms with Gasteiger partial charge in [-0.25, -0.2) is 15.2 Å². The molecule has 1 aliphatic rings. The van der Waals surface area contributed by atoms with Gasteiger partial charge in [0.2, 0.25) is 0 Å². The van der Waals surface area contributed by atoms with Crippen molar-refractivity contribution in [3.63, 3.8) is 0 Å². The minimum Gasteiger partial charge on any atom is -0.266 e. The van der Waals surface area contributed by atoms with Gasteiger partial charge in [-0.05, 0) is 18.9 Å². The van der Waals surface area contributed by atoms with Gasteiger partial charge in [0.1, 0.15) is 5.52 Å². The minimum absolute atomic E-state index is 0.546. The van der Waals surface area contributed by atoms with Crippen LogP contribution in [0.1, 0.15) is 38.1 Å². The van der Waals surface area contributed by atoms with Crippen LogP contribution in [0.3, 0.4) is 0 Å². The van der Waals surface area contributed by atoms with Gasteiger partial charge in [-0.15, -0.1) is 0 Å². The lowest BCUT2D eigenvalue weighted by molar-refractivity contribution is 0.332. The number of H-pyrrole nitrogens is 1. The van der Waals surface area contributed by atoms with Crippen LogP contribution in [0.5, 0.6) is 0 Å². The summed E-state index contributed by atoms with van der Waals surface area (Å²) in [6, 6.07) is 2.57. The number of aromatic amines is 1. The molecule has 5 heteroatoms. The van der Waals surface area contributed by atoms with Crippen LogP contribution in [0.2, 0.25) is 0 Å². The lowest BCUT2D eigenvalue weighted by Crippen LogP contribution is -2.14. The van der Waals surface area contributed by atoms with Crippen LogP contribution in [-0.2, 0) is 0 Å². The summed E-state index contributed by atoms with van der Waals surface area (Å²) in [7, 11) is 0. The van der Waals surface area contributed by atoms with Crippen LogP contribution in [0.25, 0.3) is 22.1 Å². The van der Waals surface area contributed by atoms with E-state index in [-0.39, 0.29) is 0 Å². The molecule has 0 bridgehead atoms. The normalized spacial score (nSPS) is 17.8. The molecule has 1 fully saturated rings. The summed E-state index contributed by atoms with van der Waals surface area (Å²) in [4.78, 5) is 8.59. The average molecular weight is 241 g/mol. The topological polar surface area (TPSA) is 59.4 Å². The fourth-order valence-corrected chi connectivity index (χ4v) is 3.03. The zero-order chi connectivity index (χ0) is 11.9. The molecule has 0 unspecified atom stereocenters. The van der Waals surface area contributed by atoms with E-state index in [2.05, 4.69) is 25.0 Å². The maximum atomic E-state index is 4.37. The highest BCUT2D eigenvalue weighted by atomic mass is 15.4. The number of hydrogen-bond donors (Lipinski definition) is 1. The summed E-state index contributed by atoms with van der Waals surface area (Å²) >= 11 is 0. The Kier molecular flexibility index (Phi) is 2.12. The molecule has 0 aliphatic heterocycles. The fourth-order valence-electron chi connectivity index (χ4n) is 3.03. The number of nitrogens with zero attached hydrogens (tertiary/aromatic N) is 4. The number of pyridine rings is 1. The van der Waals surface area contributed by atoms with Gasteiger partial charge in [-0.2, -0.15) is 5.10 Å². The SMILES string of the molecule is c1cc2c(n1)ncc1n[nH]n(C3CCCCC3)c12. The van der Waals surface area contributed by atoms with Crippen molar-refractivity contribution < 1.29 is 0 Å². The summed E-state index contributed by atoms with van der Waals surface area (Å²) in [5.74, 6) is 0. The molecular weight excluding hydrogens is 226 g/mol. The van der Waals surface area contributed by atoms with Gasteiger partial charge in [0.05, 0.1) is 17.8 Å². The van der Waals surface area contributed by atoms with E-state index in [9.17, 15) is 0 Å². The number of aromatic nitrogens is 5. The molecule has 0 amide bonds. The van der Waals surface area contributed by atoms with E-state index in [0.29, 0.717) is 6.04 Å². The highest BCUT2D eigenvalue weighted by Gasteiger charge is 2.19. The van der Waals surface area contributed by atoms with E-state index in [1.165, 1.54) is 32.1 Å². The molecule has 18 heavy (non-hydrogen) atoms. The van der Waals surface area contributed by atoms with Crippen molar-refractivity contribution in [2.75, 3.05) is 0 Å². The summed E-state index contributed by atoms with van der Waals surface area (Å²) in [5.41, 5.74) is 2.90. The zero-order valence-electron chi connectivity index (χ0n) is 10.1. The van der Waals surface area contributed by atoms with Gasteiger partial charge in [-0.1, -0.05) is 19.3 Å². The van der Waals surface area contributed by atoms with E-state index in [4.69, 9.17) is 0 Å². The van der Waals surface area contributed by atoms with Gasteiger partial charge in [-0.3, -0.25) is 4.68 Å². The number of hydrogen-bond acceptors (Lipinski definition) is 3. The van der Waals surface area contributed by atoms with Gasteiger partial charge in [0.15, 0.2) is 5.65 Å². The standard InChI is InChI=1S/C13H15N5/c1-2-4-9(5-3-1)18-12-10-6-7-14-13(10)15-8-11(12)16-17-18/h6-9,17H,1-5H2. The van der Waals surface area contributed by atoms with Crippen molar-refractivity contribution in [3.05, 3.63) is 18.5 Å². The third-order valence-corrected chi connectivity index (χ3v) is 3.94. The Balaban J connectivity index is 1.96. The molecule has 4 rings (SSSR count). The first-order valence-electron chi connectivity index (χ1n) is 6.59. The number of nitrogens with one attached hydrogen (secondary N) is 1. The quantitative estimate of drug-likeness (QED) is 0.712. The number of fused-ring (bicyclic) bond motifs is 3. The van der Waals surface area contributed by atoms with E-state index in [1.54, 1.807) is 6.20 Å². The Morgan fingerprint density at radius 2 is 2.06 bits per heavy atom. The molecule has 1 N–H and O–H groups in total. The summed E-state index contributed by atoms with van der Waals surface area (Å²) in [6.45, 7) is 0. The lowest BCUT2D eigenvalue weighted by Gasteiger charge is -2.23. The minimum atomic E-state index is 0.546. The molecule has 0 atom stereocenters. The molecule has 3 aromatic rings. The lowest BCUT2D eigenvalue weighted by atomic mass is 9.95. The van der Waals surface area contributed by atoms with E-state index in [0.717, 1.165) is 22.1 Å². The molecule has 5 nitrogen and oxygen atoms in total. The largest absolute Gasteiger partial charge is 0.266 e. The Labute approximate surface area is 104 Å². The van der Waals surface area contributed by atoms with Crippen LogP contribution < -0.4 is 0 Å². The van der Waals surface area contributed by atoms with Gasteiger partial charge in [0.25, 0.3) is 0 Å². The molecule has 0 aromatic carbocycles. The second-order valence-electron chi connectivity index (χ2n) is 5.05. The second kappa shape index (κ2) is 3.80. The second-order valence-corrected chi connectivity index (χ2v) is 5.05. The fraction of sp³-hybridized carbons (Fsp3) is 0.462.